The third-order valence-electron chi connectivity index (χ3n) is 4.87. The van der Waals surface area contributed by atoms with Crippen LogP contribution in [0.25, 0.3) is 0 Å². The molecule has 0 N–H and O–H groups in total. The van der Waals surface area contributed by atoms with Gasteiger partial charge in [0.1, 0.15) is 5.82 Å². The molecule has 1 unspecified atom stereocenters. The van der Waals surface area contributed by atoms with Crippen molar-refractivity contribution in [2.75, 3.05) is 33.3 Å². The molecule has 2 aliphatic rings. The van der Waals surface area contributed by atoms with E-state index in [0.29, 0.717) is 26.1 Å². The number of likely N-dealkylation sites (N-methyl/N-ethyl adjacent to an activating group) is 1. The van der Waals surface area contributed by atoms with Gasteiger partial charge in [-0.2, -0.15) is 0 Å². The number of halogens is 1. The van der Waals surface area contributed by atoms with Gasteiger partial charge in [-0.1, -0.05) is 12.1 Å². The van der Waals surface area contributed by atoms with Crippen molar-refractivity contribution < 1.29 is 18.7 Å². The van der Waals surface area contributed by atoms with Crippen molar-refractivity contribution >= 4 is 11.8 Å². The standard InChI is InChI=1S/C18H23FN2O3/c1-20-9-3-2-8-18(17(20)23)13-21(10-11-24-18)16(22)12-14-4-6-15(19)7-5-14/h4-7H,2-3,8-13H2,1H3. The molecule has 2 heterocycles. The number of rotatable bonds is 2. The van der Waals surface area contributed by atoms with E-state index in [0.717, 1.165) is 24.9 Å². The maximum absolute atomic E-state index is 13.0. The first-order chi connectivity index (χ1) is 11.5. The topological polar surface area (TPSA) is 49.9 Å². The van der Waals surface area contributed by atoms with Gasteiger partial charge in [-0.25, -0.2) is 4.39 Å². The van der Waals surface area contributed by atoms with E-state index in [1.54, 1.807) is 29.0 Å². The Morgan fingerprint density at radius 2 is 2.00 bits per heavy atom. The smallest absolute Gasteiger partial charge is 0.256 e. The second-order valence-electron chi connectivity index (χ2n) is 6.65. The molecule has 1 aromatic carbocycles. The van der Waals surface area contributed by atoms with Crippen LogP contribution < -0.4 is 0 Å². The summed E-state index contributed by atoms with van der Waals surface area (Å²) >= 11 is 0. The zero-order chi connectivity index (χ0) is 17.2. The minimum Gasteiger partial charge on any atom is -0.361 e. The first-order valence-corrected chi connectivity index (χ1v) is 8.42. The molecule has 2 saturated heterocycles. The number of ether oxygens (including phenoxy) is 1. The van der Waals surface area contributed by atoms with Gasteiger partial charge in [0.25, 0.3) is 5.91 Å². The zero-order valence-corrected chi connectivity index (χ0v) is 14.0. The molecule has 2 aliphatic heterocycles. The van der Waals surface area contributed by atoms with Gasteiger partial charge in [-0.3, -0.25) is 9.59 Å². The minimum atomic E-state index is -0.901. The number of likely N-dealkylation sites (tertiary alicyclic amines) is 1. The van der Waals surface area contributed by atoms with Gasteiger partial charge in [-0.05, 0) is 37.0 Å². The fourth-order valence-corrected chi connectivity index (χ4v) is 3.48. The van der Waals surface area contributed by atoms with Crippen molar-refractivity contribution in [1.82, 2.24) is 9.80 Å². The molecule has 0 aliphatic carbocycles. The van der Waals surface area contributed by atoms with E-state index in [-0.39, 0.29) is 24.1 Å². The highest BCUT2D eigenvalue weighted by atomic mass is 19.1. The van der Waals surface area contributed by atoms with E-state index < -0.39 is 5.60 Å². The largest absolute Gasteiger partial charge is 0.361 e. The van der Waals surface area contributed by atoms with Gasteiger partial charge in [0, 0.05) is 20.1 Å². The second kappa shape index (κ2) is 6.89. The average molecular weight is 334 g/mol. The van der Waals surface area contributed by atoms with Crippen molar-refractivity contribution in [2.24, 2.45) is 0 Å². The Balaban J connectivity index is 1.71. The summed E-state index contributed by atoms with van der Waals surface area (Å²) in [7, 11) is 1.79. The summed E-state index contributed by atoms with van der Waals surface area (Å²) in [6.07, 6.45) is 2.73. The van der Waals surface area contributed by atoms with Crippen LogP contribution in [0.5, 0.6) is 0 Å². The molecule has 1 aromatic rings. The van der Waals surface area contributed by atoms with Gasteiger partial charge in [0.05, 0.1) is 19.6 Å². The molecule has 24 heavy (non-hydrogen) atoms. The van der Waals surface area contributed by atoms with Crippen LogP contribution in [0.15, 0.2) is 24.3 Å². The molecule has 0 bridgehead atoms. The lowest BCUT2D eigenvalue weighted by Gasteiger charge is -2.42. The molecule has 2 amide bonds. The molecule has 0 radical (unpaired) electrons. The van der Waals surface area contributed by atoms with Crippen molar-refractivity contribution in [2.45, 2.75) is 31.3 Å². The third kappa shape index (κ3) is 3.43. The quantitative estimate of drug-likeness (QED) is 0.826. The summed E-state index contributed by atoms with van der Waals surface area (Å²) in [6.45, 7) is 1.89. The fourth-order valence-electron chi connectivity index (χ4n) is 3.48. The van der Waals surface area contributed by atoms with E-state index in [1.165, 1.54) is 12.1 Å². The number of benzene rings is 1. The number of hydrogen-bond donors (Lipinski definition) is 0. The maximum Gasteiger partial charge on any atom is 0.256 e. The predicted octanol–water partition coefficient (Wildman–Crippen LogP) is 1.61. The Labute approximate surface area is 141 Å². The molecule has 0 aromatic heterocycles. The second-order valence-corrected chi connectivity index (χ2v) is 6.65. The Morgan fingerprint density at radius 1 is 1.25 bits per heavy atom. The number of nitrogens with zero attached hydrogens (tertiary/aromatic N) is 2. The molecule has 6 heteroatoms. The normalized spacial score (nSPS) is 25.0. The average Bonchev–Trinajstić information content (AvgIpc) is 2.71. The van der Waals surface area contributed by atoms with Crippen LogP contribution in [0, 0.1) is 5.82 Å². The van der Waals surface area contributed by atoms with Gasteiger partial charge in [-0.15, -0.1) is 0 Å². The highest BCUT2D eigenvalue weighted by Crippen LogP contribution is 2.29. The van der Waals surface area contributed by atoms with Gasteiger partial charge in [0.15, 0.2) is 5.60 Å². The van der Waals surface area contributed by atoms with Gasteiger partial charge in [0.2, 0.25) is 5.91 Å². The van der Waals surface area contributed by atoms with Crippen LogP contribution in [-0.2, 0) is 20.7 Å². The first kappa shape index (κ1) is 16.9. The predicted molar refractivity (Wildman–Crippen MR) is 86.9 cm³/mol. The van der Waals surface area contributed by atoms with Gasteiger partial charge >= 0.3 is 0 Å². The number of morpholine rings is 1. The summed E-state index contributed by atoms with van der Waals surface area (Å²) in [6, 6.07) is 5.95. The van der Waals surface area contributed by atoms with Crippen LogP contribution in [0.2, 0.25) is 0 Å². The third-order valence-corrected chi connectivity index (χ3v) is 4.87. The van der Waals surface area contributed by atoms with Crippen LogP contribution in [0.1, 0.15) is 24.8 Å². The fraction of sp³-hybridized carbons (Fsp3) is 0.556. The molecule has 0 saturated carbocycles. The lowest BCUT2D eigenvalue weighted by Crippen LogP contribution is -2.60. The Kier molecular flexibility index (Phi) is 4.85. The molecule has 130 valence electrons. The monoisotopic (exact) mass is 334 g/mol. The molecule has 5 nitrogen and oxygen atoms in total. The Bertz CT molecular complexity index is 619. The molecule has 3 rings (SSSR count). The number of carbonyl (C=O) groups excluding carboxylic acids is 2. The highest BCUT2D eigenvalue weighted by molar-refractivity contribution is 5.87. The van der Waals surface area contributed by atoms with Crippen LogP contribution >= 0.6 is 0 Å². The Hall–Kier alpha value is -1.95. The van der Waals surface area contributed by atoms with Crippen molar-refractivity contribution in [3.63, 3.8) is 0 Å². The summed E-state index contributed by atoms with van der Waals surface area (Å²) in [4.78, 5) is 28.7. The first-order valence-electron chi connectivity index (χ1n) is 8.42. The lowest BCUT2D eigenvalue weighted by atomic mass is 9.94. The van der Waals surface area contributed by atoms with Crippen LogP contribution in [0.4, 0.5) is 4.39 Å². The number of carbonyl (C=O) groups is 2. The van der Waals surface area contributed by atoms with E-state index in [2.05, 4.69) is 0 Å². The summed E-state index contributed by atoms with van der Waals surface area (Å²) in [5.74, 6) is -0.396. The number of hydrogen-bond acceptors (Lipinski definition) is 3. The summed E-state index contributed by atoms with van der Waals surface area (Å²) in [5, 5.41) is 0. The zero-order valence-electron chi connectivity index (χ0n) is 14.0. The number of amides is 2. The summed E-state index contributed by atoms with van der Waals surface area (Å²) < 4.78 is 18.9. The van der Waals surface area contributed by atoms with Crippen molar-refractivity contribution in [3.05, 3.63) is 35.6 Å². The molecular weight excluding hydrogens is 311 g/mol. The lowest BCUT2D eigenvalue weighted by molar-refractivity contribution is -0.173. The highest BCUT2D eigenvalue weighted by Gasteiger charge is 2.46. The van der Waals surface area contributed by atoms with Gasteiger partial charge < -0.3 is 14.5 Å². The maximum atomic E-state index is 13.0. The molecular formula is C18H23FN2O3. The Morgan fingerprint density at radius 3 is 2.75 bits per heavy atom. The van der Waals surface area contributed by atoms with Crippen LogP contribution in [0.3, 0.4) is 0 Å². The van der Waals surface area contributed by atoms with E-state index in [1.807, 2.05) is 0 Å². The van der Waals surface area contributed by atoms with Crippen LogP contribution in [-0.4, -0.2) is 60.5 Å². The van der Waals surface area contributed by atoms with E-state index in [9.17, 15) is 14.0 Å². The van der Waals surface area contributed by atoms with E-state index in [4.69, 9.17) is 4.74 Å². The van der Waals surface area contributed by atoms with Crippen molar-refractivity contribution in [3.8, 4) is 0 Å². The molecule has 1 spiro atoms. The van der Waals surface area contributed by atoms with E-state index >= 15 is 0 Å². The molecule has 2 fully saturated rings. The summed E-state index contributed by atoms with van der Waals surface area (Å²) in [5.41, 5.74) is -0.131. The minimum absolute atomic E-state index is 0.0284. The molecule has 1 atom stereocenters. The SMILES string of the molecule is CN1CCCCC2(CN(C(=O)Cc3ccc(F)cc3)CCO2)C1=O. The van der Waals surface area contributed by atoms with Crippen molar-refractivity contribution in [1.29, 1.82) is 0 Å².